The summed E-state index contributed by atoms with van der Waals surface area (Å²) >= 11 is 3.35. The molecule has 17 heavy (non-hydrogen) atoms. The normalized spacial score (nSPS) is 10.2. The number of aromatic nitrogens is 4. The van der Waals surface area contributed by atoms with Crippen LogP contribution >= 0.6 is 15.9 Å². The molecule has 0 aliphatic rings. The Hall–Kier alpha value is -1.76. The van der Waals surface area contributed by atoms with Gasteiger partial charge in [0.15, 0.2) is 0 Å². The molecule has 0 unspecified atom stereocenters. The highest BCUT2D eigenvalue weighted by Crippen LogP contribution is 2.15. The van der Waals surface area contributed by atoms with E-state index >= 15 is 0 Å². The minimum Gasteiger partial charge on any atom is -0.309 e. The van der Waals surface area contributed by atoms with E-state index in [2.05, 4.69) is 36.3 Å². The number of carbonyl (C=O) groups excluding carboxylic acids is 1. The lowest BCUT2D eigenvalue weighted by Crippen LogP contribution is -2.19. The summed E-state index contributed by atoms with van der Waals surface area (Å²) in [6, 6.07) is 3.57. The van der Waals surface area contributed by atoms with E-state index in [1.807, 2.05) is 13.0 Å². The van der Waals surface area contributed by atoms with Gasteiger partial charge in [-0.3, -0.25) is 4.79 Å². The molecule has 0 radical (unpaired) electrons. The number of hydrogen-bond donors (Lipinski definition) is 1. The zero-order chi connectivity index (χ0) is 12.3. The first-order valence-corrected chi connectivity index (χ1v) is 5.70. The zero-order valence-corrected chi connectivity index (χ0v) is 10.7. The average molecular weight is 296 g/mol. The Kier molecular flexibility index (Phi) is 3.48. The zero-order valence-electron chi connectivity index (χ0n) is 9.09. The first kappa shape index (κ1) is 11.7. The van der Waals surface area contributed by atoms with Gasteiger partial charge in [0.1, 0.15) is 25.0 Å². The van der Waals surface area contributed by atoms with Gasteiger partial charge in [-0.1, -0.05) is 0 Å². The van der Waals surface area contributed by atoms with Gasteiger partial charge < -0.3 is 5.32 Å². The van der Waals surface area contributed by atoms with Crippen LogP contribution in [0.2, 0.25) is 0 Å². The quantitative estimate of drug-likeness (QED) is 0.928. The summed E-state index contributed by atoms with van der Waals surface area (Å²) in [5, 5.41) is 6.54. The average Bonchev–Trinajstić information content (AvgIpc) is 2.76. The van der Waals surface area contributed by atoms with Gasteiger partial charge in [0.25, 0.3) is 0 Å². The molecule has 2 rings (SSSR count). The van der Waals surface area contributed by atoms with Crippen molar-refractivity contribution in [3.05, 3.63) is 35.0 Å². The Morgan fingerprint density at radius 1 is 1.53 bits per heavy atom. The van der Waals surface area contributed by atoms with E-state index in [1.54, 1.807) is 6.07 Å². The van der Waals surface area contributed by atoms with E-state index in [0.29, 0.717) is 5.82 Å². The van der Waals surface area contributed by atoms with Gasteiger partial charge in [-0.05, 0) is 35.0 Å². The molecule has 0 bridgehead atoms. The topological polar surface area (TPSA) is 72.7 Å². The van der Waals surface area contributed by atoms with Crippen LogP contribution in [0.1, 0.15) is 5.69 Å². The molecule has 7 heteroatoms. The molecule has 0 spiro atoms. The lowest BCUT2D eigenvalue weighted by Gasteiger charge is -2.05. The molecular weight excluding hydrogens is 286 g/mol. The Balaban J connectivity index is 2.00. The highest BCUT2D eigenvalue weighted by atomic mass is 79.9. The second kappa shape index (κ2) is 5.05. The van der Waals surface area contributed by atoms with E-state index in [9.17, 15) is 4.79 Å². The molecule has 2 heterocycles. The highest BCUT2D eigenvalue weighted by Gasteiger charge is 2.05. The standard InChI is InChI=1S/C10H10BrN5O/c1-7-8(11)2-3-9(14-7)15-10(17)4-16-6-12-5-13-16/h2-3,5-6H,4H2,1H3,(H,14,15,17). The molecule has 2 aromatic rings. The summed E-state index contributed by atoms with van der Waals surface area (Å²) < 4.78 is 2.35. The lowest BCUT2D eigenvalue weighted by atomic mass is 10.3. The number of carbonyl (C=O) groups is 1. The summed E-state index contributed by atoms with van der Waals surface area (Å²) in [5.74, 6) is 0.334. The molecule has 0 saturated heterocycles. The van der Waals surface area contributed by atoms with Crippen molar-refractivity contribution in [2.45, 2.75) is 13.5 Å². The summed E-state index contributed by atoms with van der Waals surface area (Å²) in [6.07, 6.45) is 2.87. The molecule has 1 N–H and O–H groups in total. The van der Waals surface area contributed by atoms with Crippen molar-refractivity contribution in [2.24, 2.45) is 0 Å². The van der Waals surface area contributed by atoms with Crippen LogP contribution in [-0.4, -0.2) is 25.7 Å². The Morgan fingerprint density at radius 2 is 2.35 bits per heavy atom. The number of anilines is 1. The number of rotatable bonds is 3. The SMILES string of the molecule is Cc1nc(NC(=O)Cn2cncn2)ccc1Br. The van der Waals surface area contributed by atoms with E-state index in [4.69, 9.17) is 0 Å². The number of pyridine rings is 1. The van der Waals surface area contributed by atoms with Gasteiger partial charge in [0.2, 0.25) is 5.91 Å². The van der Waals surface area contributed by atoms with E-state index in [1.165, 1.54) is 17.3 Å². The van der Waals surface area contributed by atoms with Crippen LogP contribution in [-0.2, 0) is 11.3 Å². The number of nitrogens with zero attached hydrogens (tertiary/aromatic N) is 4. The van der Waals surface area contributed by atoms with Gasteiger partial charge in [0, 0.05) is 4.47 Å². The van der Waals surface area contributed by atoms with Crippen LogP contribution in [0.25, 0.3) is 0 Å². The third-order valence-electron chi connectivity index (χ3n) is 2.06. The summed E-state index contributed by atoms with van der Waals surface area (Å²) in [7, 11) is 0. The van der Waals surface area contributed by atoms with Gasteiger partial charge in [0.05, 0.1) is 5.69 Å². The molecule has 6 nitrogen and oxygen atoms in total. The smallest absolute Gasteiger partial charge is 0.247 e. The molecule has 0 aromatic carbocycles. The van der Waals surface area contributed by atoms with Crippen molar-refractivity contribution >= 4 is 27.7 Å². The molecule has 0 atom stereocenters. The summed E-state index contributed by atoms with van der Waals surface area (Å²) in [4.78, 5) is 19.6. The third kappa shape index (κ3) is 3.10. The Bertz CT molecular complexity index is 525. The molecule has 0 aliphatic heterocycles. The fraction of sp³-hybridized carbons (Fsp3) is 0.200. The van der Waals surface area contributed by atoms with Crippen molar-refractivity contribution in [2.75, 3.05) is 5.32 Å². The van der Waals surface area contributed by atoms with Gasteiger partial charge >= 0.3 is 0 Å². The molecule has 0 fully saturated rings. The molecule has 88 valence electrons. The number of amides is 1. The van der Waals surface area contributed by atoms with Crippen molar-refractivity contribution < 1.29 is 4.79 Å². The first-order chi connectivity index (χ1) is 8.15. The molecule has 2 aromatic heterocycles. The highest BCUT2D eigenvalue weighted by molar-refractivity contribution is 9.10. The lowest BCUT2D eigenvalue weighted by molar-refractivity contribution is -0.116. The van der Waals surface area contributed by atoms with Gasteiger partial charge in [-0.15, -0.1) is 0 Å². The van der Waals surface area contributed by atoms with Crippen molar-refractivity contribution in [3.63, 3.8) is 0 Å². The minimum atomic E-state index is -0.190. The van der Waals surface area contributed by atoms with Crippen LogP contribution < -0.4 is 5.32 Å². The van der Waals surface area contributed by atoms with Crippen LogP contribution in [0.3, 0.4) is 0 Å². The summed E-state index contributed by atoms with van der Waals surface area (Å²) in [5.41, 5.74) is 0.823. The number of aryl methyl sites for hydroxylation is 1. The molecular formula is C10H10BrN5O. The van der Waals surface area contributed by atoms with Gasteiger partial charge in [-0.25, -0.2) is 14.6 Å². The monoisotopic (exact) mass is 295 g/mol. The van der Waals surface area contributed by atoms with Crippen LogP contribution in [0.15, 0.2) is 29.3 Å². The van der Waals surface area contributed by atoms with Crippen LogP contribution in [0.4, 0.5) is 5.82 Å². The fourth-order valence-corrected chi connectivity index (χ4v) is 1.48. The van der Waals surface area contributed by atoms with E-state index in [-0.39, 0.29) is 12.5 Å². The first-order valence-electron chi connectivity index (χ1n) is 4.90. The van der Waals surface area contributed by atoms with Crippen molar-refractivity contribution in [1.29, 1.82) is 0 Å². The summed E-state index contributed by atoms with van der Waals surface area (Å²) in [6.45, 7) is 1.98. The maximum atomic E-state index is 11.6. The number of nitrogens with one attached hydrogen (secondary N) is 1. The Labute approximate surface area is 106 Å². The Morgan fingerprint density at radius 3 is 3.00 bits per heavy atom. The minimum absolute atomic E-state index is 0.122. The van der Waals surface area contributed by atoms with Crippen LogP contribution in [0.5, 0.6) is 0 Å². The second-order valence-corrected chi connectivity index (χ2v) is 4.26. The predicted molar refractivity (Wildman–Crippen MR) is 65.3 cm³/mol. The number of hydrogen-bond acceptors (Lipinski definition) is 4. The van der Waals surface area contributed by atoms with Crippen molar-refractivity contribution in [1.82, 2.24) is 19.7 Å². The molecule has 1 amide bonds. The largest absolute Gasteiger partial charge is 0.309 e. The maximum Gasteiger partial charge on any atom is 0.247 e. The predicted octanol–water partition coefficient (Wildman–Crippen LogP) is 1.38. The van der Waals surface area contributed by atoms with Crippen LogP contribution in [0, 0.1) is 6.92 Å². The fourth-order valence-electron chi connectivity index (χ4n) is 1.26. The second-order valence-electron chi connectivity index (χ2n) is 3.40. The number of halogens is 1. The maximum absolute atomic E-state index is 11.6. The van der Waals surface area contributed by atoms with E-state index < -0.39 is 0 Å². The molecule has 0 saturated carbocycles. The van der Waals surface area contributed by atoms with Gasteiger partial charge in [-0.2, -0.15) is 5.10 Å². The molecule has 0 aliphatic carbocycles. The van der Waals surface area contributed by atoms with E-state index in [0.717, 1.165) is 10.2 Å². The van der Waals surface area contributed by atoms with Crippen molar-refractivity contribution in [3.8, 4) is 0 Å². The third-order valence-corrected chi connectivity index (χ3v) is 2.90.